The van der Waals surface area contributed by atoms with Crippen LogP contribution in [0.25, 0.3) is 0 Å². The van der Waals surface area contributed by atoms with Gasteiger partial charge in [0.2, 0.25) is 0 Å². The Bertz CT molecular complexity index is 221. The van der Waals surface area contributed by atoms with Crippen LogP contribution in [0.3, 0.4) is 0 Å². The first-order valence-corrected chi connectivity index (χ1v) is 5.18. The van der Waals surface area contributed by atoms with Gasteiger partial charge in [-0.25, -0.2) is 4.79 Å². The fraction of sp³-hybridized carbons (Fsp3) is 0.889. The smallest absolute Gasteiger partial charge is 0.334 e. The molecule has 9 N–H and O–H groups in total. The zero-order valence-electron chi connectivity index (χ0n) is 9.94. The lowest BCUT2D eigenvalue weighted by molar-refractivity contribution is -0.148. The predicted molar refractivity (Wildman–Crippen MR) is 58.9 cm³/mol. The normalized spacial score (nSPS) is 18.5. The van der Waals surface area contributed by atoms with E-state index in [1.165, 1.54) is 0 Å². The Hall–Kier alpha value is -0.850. The summed E-state index contributed by atoms with van der Waals surface area (Å²) in [5.74, 6) is -1.40. The second-order valence-electron chi connectivity index (χ2n) is 3.52. The molecule has 10 nitrogen and oxygen atoms in total. The summed E-state index contributed by atoms with van der Waals surface area (Å²) in [6.45, 7) is -2.18. The quantitative estimate of drug-likeness (QED) is 0.218. The molecule has 0 amide bonds. The van der Waals surface area contributed by atoms with Gasteiger partial charge in [-0.1, -0.05) is 0 Å². The lowest BCUT2D eigenvalue weighted by atomic mass is 10.0. The molecule has 10 heteroatoms. The molecule has 5 atom stereocenters. The third-order valence-electron chi connectivity index (χ3n) is 1.97. The summed E-state index contributed by atoms with van der Waals surface area (Å²) >= 11 is 0. The van der Waals surface area contributed by atoms with Crippen molar-refractivity contribution in [2.24, 2.45) is 0 Å². The monoisotopic (exact) mass is 288 g/mol. The van der Waals surface area contributed by atoms with Crippen LogP contribution in [0.1, 0.15) is 0 Å². The van der Waals surface area contributed by atoms with E-state index < -0.39 is 56.3 Å². The Balaban J connectivity index is 0. The molecule has 0 rings (SSSR count). The second kappa shape index (κ2) is 11.0. The van der Waals surface area contributed by atoms with Crippen LogP contribution in [0.15, 0.2) is 0 Å². The van der Waals surface area contributed by atoms with E-state index >= 15 is 0 Å². The first-order valence-electron chi connectivity index (χ1n) is 5.18. The SMILES string of the molecule is O=C(O)C(O)CO.OCC(O)C(O)C(O)C(O)CO. The lowest BCUT2D eigenvalue weighted by Gasteiger charge is -2.24. The minimum absolute atomic E-state index is 0.726. The van der Waals surface area contributed by atoms with Crippen molar-refractivity contribution in [1.82, 2.24) is 0 Å². The summed E-state index contributed by atoms with van der Waals surface area (Å²) in [6, 6.07) is 0. The third-order valence-corrected chi connectivity index (χ3v) is 1.97. The van der Waals surface area contributed by atoms with Gasteiger partial charge >= 0.3 is 5.97 Å². The summed E-state index contributed by atoms with van der Waals surface area (Å²) < 4.78 is 0. The number of carboxylic acid groups (broad SMARTS) is 1. The minimum Gasteiger partial charge on any atom is -0.479 e. The first-order chi connectivity index (χ1) is 8.72. The zero-order chi connectivity index (χ0) is 15.6. The summed E-state index contributed by atoms with van der Waals surface area (Å²) in [5.41, 5.74) is 0. The molecule has 0 aromatic rings. The van der Waals surface area contributed by atoms with Gasteiger partial charge in [0.15, 0.2) is 6.10 Å². The fourth-order valence-corrected chi connectivity index (χ4v) is 0.749. The number of hydrogen-bond donors (Lipinski definition) is 9. The van der Waals surface area contributed by atoms with E-state index in [4.69, 9.17) is 46.0 Å². The average molecular weight is 288 g/mol. The number of carbonyl (C=O) groups is 1. The zero-order valence-corrected chi connectivity index (χ0v) is 9.94. The Morgan fingerprint density at radius 3 is 1.16 bits per heavy atom. The van der Waals surface area contributed by atoms with Crippen LogP contribution < -0.4 is 0 Å². The molecule has 0 aliphatic carbocycles. The van der Waals surface area contributed by atoms with Gasteiger partial charge in [-0.15, -0.1) is 0 Å². The molecule has 0 radical (unpaired) electrons. The molecular formula is C9H20O10. The van der Waals surface area contributed by atoms with Gasteiger partial charge in [0, 0.05) is 0 Å². The van der Waals surface area contributed by atoms with Gasteiger partial charge in [0.25, 0.3) is 0 Å². The van der Waals surface area contributed by atoms with Crippen LogP contribution >= 0.6 is 0 Å². The van der Waals surface area contributed by atoms with Crippen molar-refractivity contribution in [2.45, 2.75) is 30.5 Å². The van der Waals surface area contributed by atoms with E-state index in [2.05, 4.69) is 0 Å². The molecule has 5 unspecified atom stereocenters. The van der Waals surface area contributed by atoms with Crippen molar-refractivity contribution in [2.75, 3.05) is 19.8 Å². The van der Waals surface area contributed by atoms with Crippen LogP contribution in [-0.4, -0.2) is 102 Å². The van der Waals surface area contributed by atoms with Crippen molar-refractivity contribution in [3.8, 4) is 0 Å². The van der Waals surface area contributed by atoms with Crippen LogP contribution in [-0.2, 0) is 4.79 Å². The maximum Gasteiger partial charge on any atom is 0.334 e. The standard InChI is InChI=1S/C6H14O6.C3H6O4/c7-1-3(9)5(11)6(12)4(10)2-8;4-1-2(5)3(6)7/h3-12H,1-2H2;2,4-5H,1H2,(H,6,7). The highest BCUT2D eigenvalue weighted by atomic mass is 16.4. The van der Waals surface area contributed by atoms with Crippen LogP contribution in [0.4, 0.5) is 0 Å². The van der Waals surface area contributed by atoms with Crippen molar-refractivity contribution in [3.63, 3.8) is 0 Å². The predicted octanol–water partition coefficient (Wildman–Crippen LogP) is -5.16. The van der Waals surface area contributed by atoms with Gasteiger partial charge in [-0.2, -0.15) is 0 Å². The number of hydrogen-bond acceptors (Lipinski definition) is 9. The number of aliphatic hydroxyl groups excluding tert-OH is 8. The molecule has 0 aromatic carbocycles. The van der Waals surface area contributed by atoms with E-state index in [1.807, 2.05) is 0 Å². The first kappa shape index (κ1) is 20.5. The molecule has 116 valence electrons. The van der Waals surface area contributed by atoms with Gasteiger partial charge in [0.1, 0.15) is 24.4 Å². The molecule has 0 spiro atoms. The number of carboxylic acids is 1. The van der Waals surface area contributed by atoms with E-state index in [0.717, 1.165) is 0 Å². The number of aliphatic carboxylic acids is 1. The van der Waals surface area contributed by atoms with E-state index in [9.17, 15) is 4.79 Å². The van der Waals surface area contributed by atoms with Gasteiger partial charge in [0.05, 0.1) is 19.8 Å². The summed E-state index contributed by atoms with van der Waals surface area (Å²) in [5, 5.41) is 75.9. The summed E-state index contributed by atoms with van der Waals surface area (Å²) in [4.78, 5) is 9.52. The molecule has 0 bridgehead atoms. The lowest BCUT2D eigenvalue weighted by Crippen LogP contribution is -2.46. The molecule has 0 aliphatic rings. The van der Waals surface area contributed by atoms with Crippen molar-refractivity contribution in [3.05, 3.63) is 0 Å². The Labute approximate surface area is 108 Å². The Kier molecular flexibility index (Phi) is 11.9. The van der Waals surface area contributed by atoms with Gasteiger partial charge < -0.3 is 46.0 Å². The van der Waals surface area contributed by atoms with Crippen LogP contribution in [0.2, 0.25) is 0 Å². The van der Waals surface area contributed by atoms with Gasteiger partial charge in [-0.3, -0.25) is 0 Å². The fourth-order valence-electron chi connectivity index (χ4n) is 0.749. The molecule has 0 aromatic heterocycles. The second-order valence-corrected chi connectivity index (χ2v) is 3.52. The number of aliphatic hydroxyl groups is 8. The molecular weight excluding hydrogens is 268 g/mol. The maximum atomic E-state index is 9.52. The summed E-state index contributed by atoms with van der Waals surface area (Å²) in [7, 11) is 0. The average Bonchev–Trinajstić information content (AvgIpc) is 2.43. The number of rotatable bonds is 7. The van der Waals surface area contributed by atoms with E-state index in [0.29, 0.717) is 0 Å². The molecule has 0 heterocycles. The Morgan fingerprint density at radius 2 is 1.05 bits per heavy atom. The molecule has 0 saturated carbocycles. The van der Waals surface area contributed by atoms with Crippen molar-refractivity contribution in [1.29, 1.82) is 0 Å². The highest BCUT2D eigenvalue weighted by Crippen LogP contribution is 2.03. The van der Waals surface area contributed by atoms with Gasteiger partial charge in [-0.05, 0) is 0 Å². The molecule has 0 aliphatic heterocycles. The van der Waals surface area contributed by atoms with Crippen LogP contribution in [0.5, 0.6) is 0 Å². The van der Waals surface area contributed by atoms with E-state index in [1.54, 1.807) is 0 Å². The van der Waals surface area contributed by atoms with Crippen molar-refractivity contribution < 1.29 is 50.8 Å². The highest BCUT2D eigenvalue weighted by molar-refractivity contribution is 5.71. The largest absolute Gasteiger partial charge is 0.479 e. The molecule has 19 heavy (non-hydrogen) atoms. The highest BCUT2D eigenvalue weighted by Gasteiger charge is 2.29. The molecule has 0 fully saturated rings. The Morgan fingerprint density at radius 1 is 0.737 bits per heavy atom. The molecule has 0 saturated heterocycles. The minimum atomic E-state index is -1.67. The summed E-state index contributed by atoms with van der Waals surface area (Å²) in [6.07, 6.45) is -8.02. The maximum absolute atomic E-state index is 9.52. The topological polar surface area (TPSA) is 199 Å². The van der Waals surface area contributed by atoms with Crippen LogP contribution in [0, 0.1) is 0 Å². The third kappa shape index (κ3) is 8.80. The van der Waals surface area contributed by atoms with Crippen molar-refractivity contribution >= 4 is 5.97 Å². The van der Waals surface area contributed by atoms with E-state index in [-0.39, 0.29) is 0 Å².